The first-order chi connectivity index (χ1) is 8.65. The molecule has 2 aromatic rings. The second-order valence-electron chi connectivity index (χ2n) is 4.98. The van der Waals surface area contributed by atoms with Gasteiger partial charge in [0.1, 0.15) is 5.82 Å². The maximum atomic E-state index is 13.3. The molecule has 3 rings (SSSR count). The molecule has 1 unspecified atom stereocenters. The van der Waals surface area contributed by atoms with Crippen molar-refractivity contribution in [1.82, 2.24) is 14.5 Å². The van der Waals surface area contributed by atoms with Crippen LogP contribution in [0.4, 0.5) is 4.39 Å². The van der Waals surface area contributed by atoms with Crippen molar-refractivity contribution in [2.75, 3.05) is 13.6 Å². The summed E-state index contributed by atoms with van der Waals surface area (Å²) in [5.74, 6) is -0.218. The van der Waals surface area contributed by atoms with E-state index in [4.69, 9.17) is 12.2 Å². The van der Waals surface area contributed by atoms with E-state index in [1.807, 2.05) is 4.57 Å². The number of halogens is 1. The van der Waals surface area contributed by atoms with Crippen LogP contribution in [0, 0.1) is 10.6 Å². The maximum Gasteiger partial charge on any atom is 0.178 e. The number of hydrogen-bond donors (Lipinski definition) is 1. The fourth-order valence-electron chi connectivity index (χ4n) is 2.73. The average Bonchev–Trinajstić information content (AvgIpc) is 2.86. The summed E-state index contributed by atoms with van der Waals surface area (Å²) >= 11 is 5.34. The van der Waals surface area contributed by atoms with Crippen molar-refractivity contribution >= 4 is 23.3 Å². The number of nitrogens with zero attached hydrogens (tertiary/aromatic N) is 2. The van der Waals surface area contributed by atoms with E-state index in [2.05, 4.69) is 16.9 Å². The molecule has 1 atom stereocenters. The molecule has 1 aromatic heterocycles. The number of H-pyrrole nitrogens is 1. The number of hydrogen-bond acceptors (Lipinski definition) is 2. The van der Waals surface area contributed by atoms with Crippen LogP contribution < -0.4 is 0 Å². The number of aromatic amines is 1. The molecular weight excluding hydrogens is 249 g/mol. The molecule has 0 saturated carbocycles. The topological polar surface area (TPSA) is 24.0 Å². The summed E-state index contributed by atoms with van der Waals surface area (Å²) in [6, 6.07) is 5.25. The van der Waals surface area contributed by atoms with Crippen molar-refractivity contribution in [3.63, 3.8) is 0 Å². The van der Waals surface area contributed by atoms with Crippen LogP contribution in [0.15, 0.2) is 18.2 Å². The molecule has 1 fully saturated rings. The molecule has 5 heteroatoms. The van der Waals surface area contributed by atoms with Crippen LogP contribution >= 0.6 is 12.2 Å². The van der Waals surface area contributed by atoms with E-state index in [9.17, 15) is 4.39 Å². The molecule has 1 saturated heterocycles. The minimum atomic E-state index is -0.218. The molecule has 2 heterocycles. The van der Waals surface area contributed by atoms with Crippen LogP contribution in [0.5, 0.6) is 0 Å². The Balaban J connectivity index is 2.02. The summed E-state index contributed by atoms with van der Waals surface area (Å²) in [6.45, 7) is 1.97. The third-order valence-electron chi connectivity index (χ3n) is 3.80. The Kier molecular flexibility index (Phi) is 2.95. The van der Waals surface area contributed by atoms with Crippen molar-refractivity contribution in [2.24, 2.45) is 0 Å². The Labute approximate surface area is 110 Å². The highest BCUT2D eigenvalue weighted by Gasteiger charge is 2.22. The summed E-state index contributed by atoms with van der Waals surface area (Å²) in [7, 11) is 2.14. The molecule has 1 N–H and O–H groups in total. The Morgan fingerprint density at radius 3 is 3.06 bits per heavy atom. The molecule has 3 nitrogen and oxygen atoms in total. The van der Waals surface area contributed by atoms with Gasteiger partial charge < -0.3 is 14.5 Å². The van der Waals surface area contributed by atoms with Gasteiger partial charge in [0, 0.05) is 12.6 Å². The van der Waals surface area contributed by atoms with Gasteiger partial charge in [0.25, 0.3) is 0 Å². The number of likely N-dealkylation sites (N-methyl/N-ethyl adjacent to an activating group) is 1. The van der Waals surface area contributed by atoms with Gasteiger partial charge in [-0.2, -0.15) is 0 Å². The van der Waals surface area contributed by atoms with E-state index in [1.54, 1.807) is 12.1 Å². The normalized spacial score (nSPS) is 20.9. The number of nitrogens with one attached hydrogen (secondary N) is 1. The molecular formula is C13H16FN3S. The Morgan fingerprint density at radius 2 is 2.33 bits per heavy atom. The quantitative estimate of drug-likeness (QED) is 0.844. The minimum Gasteiger partial charge on any atom is -0.331 e. The van der Waals surface area contributed by atoms with Gasteiger partial charge in [-0.1, -0.05) is 0 Å². The predicted octanol–water partition coefficient (Wildman–Crippen LogP) is 2.93. The third-order valence-corrected chi connectivity index (χ3v) is 4.12. The molecule has 0 radical (unpaired) electrons. The highest BCUT2D eigenvalue weighted by molar-refractivity contribution is 7.71. The number of aromatic nitrogens is 2. The van der Waals surface area contributed by atoms with Crippen LogP contribution in [0.25, 0.3) is 11.0 Å². The molecule has 96 valence electrons. The third kappa shape index (κ3) is 1.97. The van der Waals surface area contributed by atoms with Crippen LogP contribution in [-0.2, 0) is 6.54 Å². The first-order valence-electron chi connectivity index (χ1n) is 6.23. The second kappa shape index (κ2) is 4.48. The second-order valence-corrected chi connectivity index (χ2v) is 5.37. The lowest BCUT2D eigenvalue weighted by molar-refractivity contribution is 0.283. The zero-order chi connectivity index (χ0) is 12.7. The zero-order valence-electron chi connectivity index (χ0n) is 10.3. The first kappa shape index (κ1) is 11.9. The van der Waals surface area contributed by atoms with Gasteiger partial charge in [0.15, 0.2) is 4.77 Å². The predicted molar refractivity (Wildman–Crippen MR) is 72.7 cm³/mol. The van der Waals surface area contributed by atoms with Crippen LogP contribution in [-0.4, -0.2) is 34.1 Å². The fourth-order valence-corrected chi connectivity index (χ4v) is 3.01. The standard InChI is InChI=1S/C13H16FN3S/c1-16-6-2-3-10(16)8-17-12-7-9(14)4-5-11(12)15-13(17)18/h4-5,7,10H,2-3,6,8H2,1H3,(H,15,18). The van der Waals surface area contributed by atoms with E-state index in [0.29, 0.717) is 10.8 Å². The zero-order valence-corrected chi connectivity index (χ0v) is 11.1. The van der Waals surface area contributed by atoms with Gasteiger partial charge in [0.05, 0.1) is 11.0 Å². The Bertz CT molecular complexity index is 631. The van der Waals surface area contributed by atoms with E-state index in [-0.39, 0.29) is 5.82 Å². The van der Waals surface area contributed by atoms with E-state index < -0.39 is 0 Å². The van der Waals surface area contributed by atoms with E-state index in [1.165, 1.54) is 18.9 Å². The smallest absolute Gasteiger partial charge is 0.178 e. The Morgan fingerprint density at radius 1 is 1.50 bits per heavy atom. The Hall–Kier alpha value is -1.20. The maximum absolute atomic E-state index is 13.3. The van der Waals surface area contributed by atoms with Gasteiger partial charge in [-0.3, -0.25) is 0 Å². The molecule has 0 spiro atoms. The number of likely N-dealkylation sites (tertiary alicyclic amines) is 1. The molecule has 1 aliphatic heterocycles. The molecule has 18 heavy (non-hydrogen) atoms. The number of rotatable bonds is 2. The summed E-state index contributed by atoms with van der Waals surface area (Å²) in [6.07, 6.45) is 2.41. The summed E-state index contributed by atoms with van der Waals surface area (Å²) in [4.78, 5) is 5.48. The molecule has 1 aliphatic rings. The van der Waals surface area contributed by atoms with Crippen LogP contribution in [0.2, 0.25) is 0 Å². The minimum absolute atomic E-state index is 0.218. The van der Waals surface area contributed by atoms with Crippen LogP contribution in [0.1, 0.15) is 12.8 Å². The van der Waals surface area contributed by atoms with Crippen molar-refractivity contribution in [3.05, 3.63) is 28.8 Å². The van der Waals surface area contributed by atoms with E-state index in [0.717, 1.165) is 24.1 Å². The van der Waals surface area contributed by atoms with Gasteiger partial charge in [0.2, 0.25) is 0 Å². The monoisotopic (exact) mass is 265 g/mol. The molecule has 0 aliphatic carbocycles. The lowest BCUT2D eigenvalue weighted by Gasteiger charge is -2.20. The summed E-state index contributed by atoms with van der Waals surface area (Å²) in [5, 5.41) is 0. The highest BCUT2D eigenvalue weighted by Crippen LogP contribution is 2.21. The van der Waals surface area contributed by atoms with Gasteiger partial charge in [-0.05, 0) is 56.9 Å². The van der Waals surface area contributed by atoms with Gasteiger partial charge >= 0.3 is 0 Å². The van der Waals surface area contributed by atoms with Crippen molar-refractivity contribution in [2.45, 2.75) is 25.4 Å². The van der Waals surface area contributed by atoms with E-state index >= 15 is 0 Å². The highest BCUT2D eigenvalue weighted by atomic mass is 32.1. The molecule has 0 bridgehead atoms. The number of benzene rings is 1. The largest absolute Gasteiger partial charge is 0.331 e. The molecule has 1 aromatic carbocycles. The SMILES string of the molecule is CN1CCCC1Cn1c(=S)[nH]c2ccc(F)cc21. The molecule has 0 amide bonds. The van der Waals surface area contributed by atoms with Crippen molar-refractivity contribution < 1.29 is 4.39 Å². The van der Waals surface area contributed by atoms with Gasteiger partial charge in [-0.15, -0.1) is 0 Å². The number of imidazole rings is 1. The summed E-state index contributed by atoms with van der Waals surface area (Å²) in [5.41, 5.74) is 1.77. The average molecular weight is 265 g/mol. The fraction of sp³-hybridized carbons (Fsp3) is 0.462. The number of fused-ring (bicyclic) bond motifs is 1. The lowest BCUT2D eigenvalue weighted by atomic mass is 10.2. The summed E-state index contributed by atoms with van der Waals surface area (Å²) < 4.78 is 16.0. The van der Waals surface area contributed by atoms with Crippen molar-refractivity contribution in [3.8, 4) is 0 Å². The van der Waals surface area contributed by atoms with Gasteiger partial charge in [-0.25, -0.2) is 4.39 Å². The lowest BCUT2D eigenvalue weighted by Crippen LogP contribution is -2.29. The first-order valence-corrected chi connectivity index (χ1v) is 6.64. The van der Waals surface area contributed by atoms with Crippen LogP contribution in [0.3, 0.4) is 0 Å². The van der Waals surface area contributed by atoms with Crippen molar-refractivity contribution in [1.29, 1.82) is 0 Å².